The van der Waals surface area contributed by atoms with Gasteiger partial charge in [0.2, 0.25) is 6.39 Å². The van der Waals surface area contributed by atoms with E-state index in [1.165, 1.54) is 6.39 Å². The van der Waals surface area contributed by atoms with Crippen LogP contribution in [0.3, 0.4) is 0 Å². The van der Waals surface area contributed by atoms with Gasteiger partial charge in [-0.05, 0) is 24.5 Å². The van der Waals surface area contributed by atoms with Crippen LogP contribution in [0.15, 0.2) is 39.9 Å². The first kappa shape index (κ1) is 24.8. The number of aromatic nitrogens is 4. The first-order chi connectivity index (χ1) is 16.7. The molecule has 0 spiro atoms. The topological polar surface area (TPSA) is 122 Å². The van der Waals surface area contributed by atoms with E-state index in [9.17, 15) is 4.79 Å². The summed E-state index contributed by atoms with van der Waals surface area (Å²) in [6, 6.07) is 3.70. The molecule has 2 N–H and O–H groups in total. The van der Waals surface area contributed by atoms with Crippen molar-refractivity contribution < 1.29 is 13.7 Å². The fourth-order valence-electron chi connectivity index (χ4n) is 4.28. The van der Waals surface area contributed by atoms with E-state index in [2.05, 4.69) is 60.4 Å². The van der Waals surface area contributed by atoms with Crippen LogP contribution in [0.1, 0.15) is 74.7 Å². The summed E-state index contributed by atoms with van der Waals surface area (Å²) in [6.45, 7) is 12.9. The molecule has 0 saturated carbocycles. The van der Waals surface area contributed by atoms with E-state index in [0.29, 0.717) is 48.6 Å². The van der Waals surface area contributed by atoms with Gasteiger partial charge >= 0.3 is 0 Å². The van der Waals surface area contributed by atoms with Crippen LogP contribution < -0.4 is 10.6 Å². The summed E-state index contributed by atoms with van der Waals surface area (Å²) in [4.78, 5) is 29.5. The maximum Gasteiger partial charge on any atom is 0.259 e. The average Bonchev–Trinajstić information content (AvgIpc) is 3.54. The van der Waals surface area contributed by atoms with E-state index in [0.717, 1.165) is 18.7 Å². The van der Waals surface area contributed by atoms with E-state index >= 15 is 0 Å². The van der Waals surface area contributed by atoms with Gasteiger partial charge in [0, 0.05) is 43.2 Å². The lowest BCUT2D eigenvalue weighted by atomic mass is 9.93. The molecule has 1 aliphatic heterocycles. The summed E-state index contributed by atoms with van der Waals surface area (Å²) in [5.74, 6) is 2.88. The average molecular weight is 482 g/mol. The summed E-state index contributed by atoms with van der Waals surface area (Å²) in [7, 11) is 0. The standard InChI is InChI=1S/C25H35N7O3/c1-16(2)14-32(18-9-17(10-26-11-18)21-29-15-35-31-21)23(33)20-13-28-24(25(3,4)5)30-22(20)27-12-19-7-6-8-34-19/h6-8,13,15-18,26H,9-12,14H2,1-5H3,(H,27,28,30)/t17-,18?/m1/s1. The van der Waals surface area contributed by atoms with Gasteiger partial charge in [0.15, 0.2) is 5.82 Å². The predicted molar refractivity (Wildman–Crippen MR) is 131 cm³/mol. The number of nitrogens with one attached hydrogen (secondary N) is 2. The maximum absolute atomic E-state index is 14.0. The Balaban J connectivity index is 1.63. The van der Waals surface area contributed by atoms with Crippen LogP contribution >= 0.6 is 0 Å². The lowest BCUT2D eigenvalue weighted by Gasteiger charge is -2.38. The van der Waals surface area contributed by atoms with Gasteiger partial charge in [0.1, 0.15) is 23.0 Å². The van der Waals surface area contributed by atoms with E-state index in [1.807, 2.05) is 17.0 Å². The van der Waals surface area contributed by atoms with Crippen LogP contribution in [0.25, 0.3) is 0 Å². The Morgan fingerprint density at radius 1 is 1.29 bits per heavy atom. The molecule has 10 heteroatoms. The Labute approximate surface area is 205 Å². The molecule has 0 radical (unpaired) electrons. The monoisotopic (exact) mass is 481 g/mol. The summed E-state index contributed by atoms with van der Waals surface area (Å²) in [5, 5.41) is 10.8. The lowest BCUT2D eigenvalue weighted by Crippen LogP contribution is -2.52. The van der Waals surface area contributed by atoms with Gasteiger partial charge < -0.3 is 24.5 Å². The zero-order chi connectivity index (χ0) is 25.0. The summed E-state index contributed by atoms with van der Waals surface area (Å²) < 4.78 is 10.4. The zero-order valence-corrected chi connectivity index (χ0v) is 21.1. The first-order valence-electron chi connectivity index (χ1n) is 12.1. The highest BCUT2D eigenvalue weighted by atomic mass is 16.5. The Bertz CT molecular complexity index is 1090. The van der Waals surface area contributed by atoms with Crippen molar-refractivity contribution in [2.24, 2.45) is 5.92 Å². The minimum Gasteiger partial charge on any atom is -0.467 e. The number of carbonyl (C=O) groups is 1. The van der Waals surface area contributed by atoms with E-state index in [-0.39, 0.29) is 23.3 Å². The molecule has 0 bridgehead atoms. The number of hydrogen-bond donors (Lipinski definition) is 2. The number of amides is 1. The third-order valence-electron chi connectivity index (χ3n) is 6.03. The van der Waals surface area contributed by atoms with Crippen molar-refractivity contribution in [1.82, 2.24) is 30.3 Å². The number of hydrogen-bond acceptors (Lipinski definition) is 9. The van der Waals surface area contributed by atoms with E-state index in [4.69, 9.17) is 13.9 Å². The van der Waals surface area contributed by atoms with Crippen LogP contribution in [0.5, 0.6) is 0 Å². The highest BCUT2D eigenvalue weighted by molar-refractivity contribution is 5.98. The third kappa shape index (κ3) is 6.05. The molecule has 35 heavy (non-hydrogen) atoms. The molecular weight excluding hydrogens is 446 g/mol. The Morgan fingerprint density at radius 3 is 2.77 bits per heavy atom. The number of piperidine rings is 1. The first-order valence-corrected chi connectivity index (χ1v) is 12.1. The minimum absolute atomic E-state index is 0.0256. The van der Waals surface area contributed by atoms with Gasteiger partial charge in [-0.3, -0.25) is 4.79 Å². The van der Waals surface area contributed by atoms with E-state index < -0.39 is 0 Å². The second-order valence-corrected chi connectivity index (χ2v) is 10.5. The van der Waals surface area contributed by atoms with Crippen molar-refractivity contribution in [3.8, 4) is 0 Å². The zero-order valence-electron chi connectivity index (χ0n) is 21.1. The number of nitrogens with zero attached hydrogens (tertiary/aromatic N) is 5. The summed E-state index contributed by atoms with van der Waals surface area (Å²) in [6.07, 6.45) is 5.38. The van der Waals surface area contributed by atoms with Crippen molar-refractivity contribution >= 4 is 11.7 Å². The largest absolute Gasteiger partial charge is 0.467 e. The van der Waals surface area contributed by atoms with Crippen molar-refractivity contribution in [2.45, 2.75) is 65.0 Å². The van der Waals surface area contributed by atoms with Gasteiger partial charge in [0.05, 0.1) is 12.8 Å². The third-order valence-corrected chi connectivity index (χ3v) is 6.03. The number of furan rings is 1. The van der Waals surface area contributed by atoms with Crippen molar-refractivity contribution in [3.63, 3.8) is 0 Å². The molecular formula is C25H35N7O3. The van der Waals surface area contributed by atoms with Crippen molar-refractivity contribution in [2.75, 3.05) is 25.0 Å². The summed E-state index contributed by atoms with van der Waals surface area (Å²) in [5.41, 5.74) is 0.192. The molecule has 4 heterocycles. The second kappa shape index (κ2) is 10.6. The Hall–Kier alpha value is -3.27. The molecule has 0 aromatic carbocycles. The second-order valence-electron chi connectivity index (χ2n) is 10.5. The summed E-state index contributed by atoms with van der Waals surface area (Å²) >= 11 is 0. The van der Waals surface area contributed by atoms with Crippen molar-refractivity contribution in [3.05, 3.63) is 54.0 Å². The Morgan fingerprint density at radius 2 is 2.11 bits per heavy atom. The molecule has 188 valence electrons. The van der Waals surface area contributed by atoms with Crippen LogP contribution in [-0.2, 0) is 12.0 Å². The number of rotatable bonds is 8. The molecule has 1 fully saturated rings. The fraction of sp³-hybridized carbons (Fsp3) is 0.560. The van der Waals surface area contributed by atoms with Crippen molar-refractivity contribution in [1.29, 1.82) is 0 Å². The fourth-order valence-corrected chi connectivity index (χ4v) is 4.28. The predicted octanol–water partition coefficient (Wildman–Crippen LogP) is 3.61. The van der Waals surface area contributed by atoms with Gasteiger partial charge in [-0.1, -0.05) is 39.8 Å². The molecule has 2 atom stereocenters. The normalized spacial score (nSPS) is 18.6. The molecule has 4 rings (SSSR count). The van der Waals surface area contributed by atoms with Gasteiger partial charge in [0.25, 0.3) is 5.91 Å². The molecule has 1 saturated heterocycles. The number of anilines is 1. The molecule has 3 aromatic rings. The molecule has 1 aliphatic rings. The maximum atomic E-state index is 14.0. The minimum atomic E-state index is -0.259. The van der Waals surface area contributed by atoms with Crippen LogP contribution in [-0.4, -0.2) is 56.6 Å². The SMILES string of the molecule is CC(C)CN(C(=O)c1cnc(C(C)(C)C)nc1NCc1ccco1)C1CNC[C@H](c2ncon2)C1. The molecule has 10 nitrogen and oxygen atoms in total. The van der Waals surface area contributed by atoms with Gasteiger partial charge in [-0.25, -0.2) is 9.97 Å². The van der Waals surface area contributed by atoms with Gasteiger partial charge in [-0.15, -0.1) is 0 Å². The van der Waals surface area contributed by atoms with Crippen LogP contribution in [0.2, 0.25) is 0 Å². The van der Waals surface area contributed by atoms with Crippen LogP contribution in [0, 0.1) is 5.92 Å². The lowest BCUT2D eigenvalue weighted by molar-refractivity contribution is 0.0607. The molecule has 0 aliphatic carbocycles. The molecule has 3 aromatic heterocycles. The van der Waals surface area contributed by atoms with Gasteiger partial charge in [-0.2, -0.15) is 4.98 Å². The smallest absolute Gasteiger partial charge is 0.259 e. The molecule has 1 unspecified atom stereocenters. The quantitative estimate of drug-likeness (QED) is 0.497. The Kier molecular flexibility index (Phi) is 7.49. The highest BCUT2D eigenvalue weighted by Gasteiger charge is 2.34. The molecule has 1 amide bonds. The van der Waals surface area contributed by atoms with Crippen LogP contribution in [0.4, 0.5) is 5.82 Å². The number of carbonyl (C=O) groups excluding carboxylic acids is 1. The highest BCUT2D eigenvalue weighted by Crippen LogP contribution is 2.28. The van der Waals surface area contributed by atoms with E-state index in [1.54, 1.807) is 12.5 Å².